The molecule has 5 fully saturated rings. The molecule has 0 N–H and O–H groups in total. The lowest BCUT2D eigenvalue weighted by Gasteiger charge is -2.72. The van der Waals surface area contributed by atoms with E-state index in [9.17, 15) is 0 Å². The monoisotopic (exact) mass is 412 g/mol. The molecule has 0 heteroatoms. The van der Waals surface area contributed by atoms with Gasteiger partial charge in [0.2, 0.25) is 0 Å². The maximum atomic E-state index is 2.82. The molecule has 0 aliphatic heterocycles. The third-order valence-electron chi connectivity index (χ3n) is 13.5. The van der Waals surface area contributed by atoms with Crippen LogP contribution >= 0.6 is 0 Å². The van der Waals surface area contributed by atoms with Gasteiger partial charge in [-0.1, -0.05) is 61.8 Å². The molecule has 5 saturated carbocycles. The highest BCUT2D eigenvalue weighted by molar-refractivity contribution is 5.18. The van der Waals surface area contributed by atoms with E-state index in [1.54, 1.807) is 6.42 Å². The van der Waals surface area contributed by atoms with E-state index < -0.39 is 0 Å². The smallest absolute Gasteiger partial charge is 0.0235 e. The summed E-state index contributed by atoms with van der Waals surface area (Å²) in [5, 5.41) is 0. The Bertz CT molecular complexity index is 688. The van der Waals surface area contributed by atoms with Crippen molar-refractivity contribution in [2.45, 2.75) is 126 Å². The average molecular weight is 413 g/mol. The topological polar surface area (TPSA) is 0 Å². The zero-order valence-electron chi connectivity index (χ0n) is 21.7. The summed E-state index contributed by atoms with van der Waals surface area (Å²) in [5.74, 6) is 5.78. The minimum absolute atomic E-state index is 0.561. The van der Waals surface area contributed by atoms with Crippen molar-refractivity contribution < 1.29 is 0 Å². The largest absolute Gasteiger partial charge is 0.0625 e. The van der Waals surface area contributed by atoms with E-state index >= 15 is 0 Å². The van der Waals surface area contributed by atoms with Crippen LogP contribution in [0.4, 0.5) is 0 Å². The number of hydrogen-bond donors (Lipinski definition) is 0. The fourth-order valence-corrected chi connectivity index (χ4v) is 11.8. The molecule has 0 amide bonds. The predicted octanol–water partition coefficient (Wildman–Crippen LogP) is 9.13. The second-order valence-electron chi connectivity index (χ2n) is 15.1. The Kier molecular flexibility index (Phi) is 4.75. The zero-order chi connectivity index (χ0) is 21.7. The standard InChI is InChI=1S/C30H52/c1-20(2)21-12-16-27(5)18-19-29(7)22(25(21)27)10-11-24-28(6)15-9-14-26(3,4)23(28)13-17-30(24,29)8/h20-25H,9-19H2,1-8H3/t21-,22+,23-,24+,25?,27+,28-,29+,30+/m0/s1. The molecule has 0 heterocycles. The van der Waals surface area contributed by atoms with Gasteiger partial charge in [0.05, 0.1) is 0 Å². The second-order valence-corrected chi connectivity index (χ2v) is 15.1. The first kappa shape index (κ1) is 21.8. The number of hydrogen-bond acceptors (Lipinski definition) is 0. The Morgan fingerprint density at radius 1 is 0.633 bits per heavy atom. The first-order valence-electron chi connectivity index (χ1n) is 13.9. The van der Waals surface area contributed by atoms with Gasteiger partial charge in [-0.15, -0.1) is 0 Å². The van der Waals surface area contributed by atoms with Gasteiger partial charge < -0.3 is 0 Å². The van der Waals surface area contributed by atoms with Crippen LogP contribution in [0, 0.1) is 62.6 Å². The molecule has 0 radical (unpaired) electrons. The molecule has 30 heavy (non-hydrogen) atoms. The summed E-state index contributed by atoms with van der Waals surface area (Å²) in [6.45, 7) is 21.4. The van der Waals surface area contributed by atoms with Crippen LogP contribution in [-0.4, -0.2) is 0 Å². The molecule has 0 aromatic heterocycles. The molecular formula is C30H52. The van der Waals surface area contributed by atoms with Crippen LogP contribution in [-0.2, 0) is 0 Å². The number of fused-ring (bicyclic) bond motifs is 7. The Morgan fingerprint density at radius 2 is 1.37 bits per heavy atom. The summed E-state index contributed by atoms with van der Waals surface area (Å²) >= 11 is 0. The van der Waals surface area contributed by atoms with Crippen LogP contribution in [0.5, 0.6) is 0 Å². The van der Waals surface area contributed by atoms with Crippen molar-refractivity contribution in [1.82, 2.24) is 0 Å². The van der Waals surface area contributed by atoms with E-state index in [0.29, 0.717) is 27.1 Å². The van der Waals surface area contributed by atoms with Crippen LogP contribution in [0.1, 0.15) is 126 Å². The van der Waals surface area contributed by atoms with Crippen molar-refractivity contribution in [2.24, 2.45) is 62.6 Å². The molecule has 0 spiro atoms. The average Bonchev–Trinajstić information content (AvgIpc) is 2.99. The Labute approximate surface area is 188 Å². The second kappa shape index (κ2) is 6.53. The fraction of sp³-hybridized carbons (Fsp3) is 1.00. The van der Waals surface area contributed by atoms with E-state index in [1.165, 1.54) is 64.2 Å². The predicted molar refractivity (Wildman–Crippen MR) is 129 cm³/mol. The van der Waals surface area contributed by atoms with Gasteiger partial charge >= 0.3 is 0 Å². The maximum Gasteiger partial charge on any atom is -0.0235 e. The Balaban J connectivity index is 1.54. The molecule has 5 aliphatic rings. The normalized spacial score (nSPS) is 57.3. The third-order valence-corrected chi connectivity index (χ3v) is 13.5. The van der Waals surface area contributed by atoms with Crippen LogP contribution in [0.3, 0.4) is 0 Å². The summed E-state index contributed by atoms with van der Waals surface area (Å²) in [4.78, 5) is 0. The summed E-state index contributed by atoms with van der Waals surface area (Å²) < 4.78 is 0. The lowest BCUT2D eigenvalue weighted by molar-refractivity contribution is -0.236. The molecule has 9 atom stereocenters. The summed E-state index contributed by atoms with van der Waals surface area (Å²) in [6.07, 6.45) is 16.6. The summed E-state index contributed by atoms with van der Waals surface area (Å²) in [6, 6.07) is 0. The van der Waals surface area contributed by atoms with Gasteiger partial charge in [0, 0.05) is 0 Å². The molecule has 5 rings (SSSR count). The van der Waals surface area contributed by atoms with Gasteiger partial charge in [-0.3, -0.25) is 0 Å². The van der Waals surface area contributed by atoms with Gasteiger partial charge in [-0.05, 0) is 127 Å². The lowest BCUT2D eigenvalue weighted by atomic mass is 9.32. The first-order chi connectivity index (χ1) is 13.9. The van der Waals surface area contributed by atoms with E-state index in [4.69, 9.17) is 0 Å². The van der Waals surface area contributed by atoms with E-state index in [1.807, 2.05) is 0 Å². The van der Waals surface area contributed by atoms with Crippen molar-refractivity contribution >= 4 is 0 Å². The molecular weight excluding hydrogens is 360 g/mol. The molecule has 0 aromatic carbocycles. The molecule has 0 aromatic rings. The van der Waals surface area contributed by atoms with Crippen molar-refractivity contribution in [1.29, 1.82) is 0 Å². The van der Waals surface area contributed by atoms with Crippen LogP contribution in [0.25, 0.3) is 0 Å². The van der Waals surface area contributed by atoms with Gasteiger partial charge in [-0.2, -0.15) is 0 Å². The summed E-state index contributed by atoms with van der Waals surface area (Å²) in [7, 11) is 0. The van der Waals surface area contributed by atoms with Crippen LogP contribution in [0.2, 0.25) is 0 Å². The fourth-order valence-electron chi connectivity index (χ4n) is 11.8. The third kappa shape index (κ3) is 2.58. The van der Waals surface area contributed by atoms with Gasteiger partial charge in [0.15, 0.2) is 0 Å². The highest BCUT2D eigenvalue weighted by Crippen LogP contribution is 2.77. The van der Waals surface area contributed by atoms with Crippen LogP contribution < -0.4 is 0 Å². The zero-order valence-corrected chi connectivity index (χ0v) is 21.7. The lowest BCUT2D eigenvalue weighted by Crippen LogP contribution is -2.65. The van der Waals surface area contributed by atoms with Crippen LogP contribution in [0.15, 0.2) is 0 Å². The maximum absolute atomic E-state index is 2.82. The first-order valence-corrected chi connectivity index (χ1v) is 13.9. The van der Waals surface area contributed by atoms with Crippen molar-refractivity contribution in [3.05, 3.63) is 0 Å². The number of rotatable bonds is 1. The Hall–Kier alpha value is 0. The molecule has 0 saturated heterocycles. The molecule has 0 nitrogen and oxygen atoms in total. The quantitative estimate of drug-likeness (QED) is 0.402. The molecule has 172 valence electrons. The molecule has 5 aliphatic carbocycles. The van der Waals surface area contributed by atoms with E-state index in [0.717, 1.165) is 35.5 Å². The Morgan fingerprint density at radius 3 is 2.07 bits per heavy atom. The molecule has 0 bridgehead atoms. The summed E-state index contributed by atoms with van der Waals surface area (Å²) in [5.41, 5.74) is 2.95. The van der Waals surface area contributed by atoms with Crippen molar-refractivity contribution in [3.63, 3.8) is 0 Å². The van der Waals surface area contributed by atoms with Gasteiger partial charge in [-0.25, -0.2) is 0 Å². The van der Waals surface area contributed by atoms with Crippen molar-refractivity contribution in [2.75, 3.05) is 0 Å². The molecule has 1 unspecified atom stereocenters. The SMILES string of the molecule is CC(C)[C@@H]1CC[C@]2(C)CC[C@]3(C)[C@H](CC[C@@H]4[C@@]5(C)CCCC(C)(C)[C@@H]5CC[C@]43C)C12. The van der Waals surface area contributed by atoms with Crippen molar-refractivity contribution in [3.8, 4) is 0 Å². The van der Waals surface area contributed by atoms with E-state index in [-0.39, 0.29) is 0 Å². The minimum atomic E-state index is 0.561. The van der Waals surface area contributed by atoms with Gasteiger partial charge in [0.25, 0.3) is 0 Å². The van der Waals surface area contributed by atoms with Gasteiger partial charge in [0.1, 0.15) is 0 Å². The highest BCUT2D eigenvalue weighted by Gasteiger charge is 2.69. The highest BCUT2D eigenvalue weighted by atomic mass is 14.7. The minimum Gasteiger partial charge on any atom is -0.0625 e. The van der Waals surface area contributed by atoms with E-state index in [2.05, 4.69) is 55.4 Å².